The lowest BCUT2D eigenvalue weighted by atomic mass is 10.1. The lowest BCUT2D eigenvalue weighted by molar-refractivity contribution is -0.119. The molecule has 0 aliphatic carbocycles. The van der Waals surface area contributed by atoms with Crippen LogP contribution in [0.3, 0.4) is 0 Å². The molecule has 2 heterocycles. The maximum Gasteiger partial charge on any atom is 0.244 e. The number of methoxy groups -OCH3 is 1. The predicted octanol–water partition coefficient (Wildman–Crippen LogP) is 2.69. The quantitative estimate of drug-likeness (QED) is 0.916. The smallest absolute Gasteiger partial charge is 0.244 e. The van der Waals surface area contributed by atoms with Gasteiger partial charge < -0.3 is 9.64 Å². The minimum absolute atomic E-state index is 0.00397. The lowest BCUT2D eigenvalue weighted by Gasteiger charge is -2.21. The number of anilines is 1. The molecule has 0 bridgehead atoms. The number of halogens is 1. The predicted molar refractivity (Wildman–Crippen MR) is 89.5 cm³/mol. The van der Waals surface area contributed by atoms with E-state index in [1.54, 1.807) is 18.2 Å². The third-order valence-electron chi connectivity index (χ3n) is 4.26. The monoisotopic (exact) mass is 329 g/mol. The van der Waals surface area contributed by atoms with E-state index in [1.807, 2.05) is 31.2 Å². The number of hydrogen-bond acceptors (Lipinski definition) is 4. The zero-order valence-electron chi connectivity index (χ0n) is 13.7. The van der Waals surface area contributed by atoms with Crippen LogP contribution in [0.15, 0.2) is 42.7 Å². The molecular formula is C18H20FN3O2. The van der Waals surface area contributed by atoms with E-state index in [9.17, 15) is 9.18 Å². The van der Waals surface area contributed by atoms with Crippen molar-refractivity contribution >= 4 is 11.6 Å². The highest BCUT2D eigenvalue weighted by atomic mass is 19.1. The molecule has 1 aromatic carbocycles. The molecule has 5 nitrogen and oxygen atoms in total. The number of benzene rings is 1. The van der Waals surface area contributed by atoms with Crippen LogP contribution in [-0.2, 0) is 4.79 Å². The van der Waals surface area contributed by atoms with Crippen molar-refractivity contribution in [2.24, 2.45) is 0 Å². The Morgan fingerprint density at radius 3 is 2.92 bits per heavy atom. The van der Waals surface area contributed by atoms with Crippen molar-refractivity contribution in [2.45, 2.75) is 25.4 Å². The number of hydrogen-bond donors (Lipinski definition) is 1. The number of para-hydroxylation sites is 2. The van der Waals surface area contributed by atoms with Crippen LogP contribution < -0.4 is 15.0 Å². The Morgan fingerprint density at radius 1 is 1.38 bits per heavy atom. The van der Waals surface area contributed by atoms with E-state index in [2.05, 4.69) is 10.3 Å². The molecule has 6 heteroatoms. The number of amides is 1. The Hall–Kier alpha value is -2.47. The second-order valence-corrected chi connectivity index (χ2v) is 5.83. The first-order valence-corrected chi connectivity index (χ1v) is 7.91. The summed E-state index contributed by atoms with van der Waals surface area (Å²) in [5.74, 6) is 0.291. The van der Waals surface area contributed by atoms with Gasteiger partial charge in [0.15, 0.2) is 0 Å². The Morgan fingerprint density at radius 2 is 2.17 bits per heavy atom. The summed E-state index contributed by atoms with van der Waals surface area (Å²) < 4.78 is 18.6. The van der Waals surface area contributed by atoms with Crippen molar-refractivity contribution in [3.8, 4) is 5.75 Å². The summed E-state index contributed by atoms with van der Waals surface area (Å²) in [7, 11) is 1.59. The summed E-state index contributed by atoms with van der Waals surface area (Å²) in [4.78, 5) is 18.3. The van der Waals surface area contributed by atoms with Gasteiger partial charge in [-0.2, -0.15) is 0 Å². The average molecular weight is 329 g/mol. The molecule has 0 saturated carbocycles. The number of pyridine rings is 1. The molecule has 2 atom stereocenters. The summed E-state index contributed by atoms with van der Waals surface area (Å²) in [6.07, 6.45) is 3.46. The zero-order valence-corrected chi connectivity index (χ0v) is 13.7. The van der Waals surface area contributed by atoms with Crippen LogP contribution in [0.1, 0.15) is 24.9 Å². The molecule has 1 N–H and O–H groups in total. The van der Waals surface area contributed by atoms with Crippen LogP contribution in [0.25, 0.3) is 0 Å². The molecule has 1 aliphatic rings. The first kappa shape index (κ1) is 16.4. The van der Waals surface area contributed by atoms with Crippen molar-refractivity contribution in [3.05, 3.63) is 54.1 Å². The van der Waals surface area contributed by atoms with Gasteiger partial charge in [-0.05, 0) is 37.1 Å². The zero-order chi connectivity index (χ0) is 17.1. The van der Waals surface area contributed by atoms with Crippen molar-refractivity contribution in [1.82, 2.24) is 10.3 Å². The molecule has 126 valence electrons. The molecule has 1 saturated heterocycles. The molecule has 0 unspecified atom stereocenters. The van der Waals surface area contributed by atoms with E-state index in [-0.39, 0.29) is 23.8 Å². The molecule has 24 heavy (non-hydrogen) atoms. The summed E-state index contributed by atoms with van der Waals surface area (Å²) in [5, 5.41) is 3.27. The topological polar surface area (TPSA) is 54.5 Å². The van der Waals surface area contributed by atoms with Crippen molar-refractivity contribution < 1.29 is 13.9 Å². The van der Waals surface area contributed by atoms with E-state index >= 15 is 0 Å². The Bertz CT molecular complexity index is 738. The second kappa shape index (κ2) is 6.97. The second-order valence-electron chi connectivity index (χ2n) is 5.83. The van der Waals surface area contributed by atoms with Gasteiger partial charge in [0.25, 0.3) is 0 Å². The highest BCUT2D eigenvalue weighted by Gasteiger charge is 2.34. The van der Waals surface area contributed by atoms with Gasteiger partial charge in [-0.3, -0.25) is 15.1 Å². The van der Waals surface area contributed by atoms with Gasteiger partial charge in [-0.15, -0.1) is 0 Å². The fourth-order valence-electron chi connectivity index (χ4n) is 2.99. The van der Waals surface area contributed by atoms with Crippen LogP contribution >= 0.6 is 0 Å². The van der Waals surface area contributed by atoms with Crippen molar-refractivity contribution in [1.29, 1.82) is 0 Å². The molecule has 3 rings (SSSR count). The van der Waals surface area contributed by atoms with E-state index in [1.165, 1.54) is 12.3 Å². The Kier molecular flexibility index (Phi) is 4.76. The van der Waals surface area contributed by atoms with Gasteiger partial charge >= 0.3 is 0 Å². The van der Waals surface area contributed by atoms with Crippen molar-refractivity contribution in [2.75, 3.05) is 18.6 Å². The maximum absolute atomic E-state index is 13.3. The van der Waals surface area contributed by atoms with E-state index in [4.69, 9.17) is 4.74 Å². The average Bonchev–Trinajstić information content (AvgIpc) is 2.95. The fourth-order valence-corrected chi connectivity index (χ4v) is 2.99. The lowest BCUT2D eigenvalue weighted by Crippen LogP contribution is -2.39. The highest BCUT2D eigenvalue weighted by Crippen LogP contribution is 2.31. The third kappa shape index (κ3) is 3.23. The van der Waals surface area contributed by atoms with Gasteiger partial charge in [0.05, 0.1) is 25.0 Å². The van der Waals surface area contributed by atoms with E-state index in [0.717, 1.165) is 11.3 Å². The maximum atomic E-state index is 13.3. The molecule has 1 amide bonds. The van der Waals surface area contributed by atoms with Gasteiger partial charge in [-0.1, -0.05) is 12.1 Å². The molecule has 1 aromatic heterocycles. The number of nitrogens with zero attached hydrogens (tertiary/aromatic N) is 2. The van der Waals surface area contributed by atoms with Crippen molar-refractivity contribution in [3.63, 3.8) is 0 Å². The highest BCUT2D eigenvalue weighted by molar-refractivity contribution is 6.00. The standard InChI is InChI=1S/C18H20FN3O2/c1-12(13-9-14(19)11-20-10-13)21-15-7-8-22(18(15)23)16-5-3-4-6-17(16)24-2/h3-6,9-12,15,21H,7-8H2,1-2H3/t12-,15-/m0/s1. The SMILES string of the molecule is COc1ccccc1N1CC[C@H](N[C@@H](C)c2cncc(F)c2)C1=O. The third-order valence-corrected chi connectivity index (χ3v) is 4.26. The molecule has 1 aliphatic heterocycles. The van der Waals surface area contributed by atoms with Gasteiger partial charge in [0, 0.05) is 18.8 Å². The molecular weight excluding hydrogens is 309 g/mol. The summed E-state index contributed by atoms with van der Waals surface area (Å²) in [6, 6.07) is 8.42. The van der Waals surface area contributed by atoms with Gasteiger partial charge in [-0.25, -0.2) is 4.39 Å². The Labute approximate surface area is 140 Å². The first-order valence-electron chi connectivity index (χ1n) is 7.91. The molecule has 1 fully saturated rings. The molecule has 0 radical (unpaired) electrons. The van der Waals surface area contributed by atoms with Crippen LogP contribution in [-0.4, -0.2) is 30.6 Å². The van der Waals surface area contributed by atoms with Crippen LogP contribution in [0.2, 0.25) is 0 Å². The molecule has 2 aromatic rings. The van der Waals surface area contributed by atoms with E-state index < -0.39 is 0 Å². The van der Waals surface area contributed by atoms with E-state index in [0.29, 0.717) is 18.7 Å². The largest absolute Gasteiger partial charge is 0.495 e. The number of nitrogens with one attached hydrogen (secondary N) is 1. The number of aromatic nitrogens is 1. The number of rotatable bonds is 5. The fraction of sp³-hybridized carbons (Fsp3) is 0.333. The summed E-state index contributed by atoms with van der Waals surface area (Å²) >= 11 is 0. The van der Waals surface area contributed by atoms with Gasteiger partial charge in [0.1, 0.15) is 11.6 Å². The summed E-state index contributed by atoms with van der Waals surface area (Å²) in [6.45, 7) is 2.51. The van der Waals surface area contributed by atoms with Crippen LogP contribution in [0.4, 0.5) is 10.1 Å². The normalized spacial score (nSPS) is 18.7. The number of ether oxygens (including phenoxy) is 1. The Balaban J connectivity index is 1.72. The van der Waals surface area contributed by atoms with Crippen LogP contribution in [0, 0.1) is 5.82 Å². The number of carbonyl (C=O) groups excluding carboxylic acids is 1. The van der Waals surface area contributed by atoms with Crippen LogP contribution in [0.5, 0.6) is 5.75 Å². The summed E-state index contributed by atoms with van der Waals surface area (Å²) in [5.41, 5.74) is 1.49. The minimum atomic E-state index is -0.380. The first-order chi connectivity index (χ1) is 11.6. The minimum Gasteiger partial charge on any atom is -0.495 e. The number of carbonyl (C=O) groups is 1. The van der Waals surface area contributed by atoms with Gasteiger partial charge in [0.2, 0.25) is 5.91 Å². The molecule has 0 spiro atoms.